The molecule has 1 aliphatic rings. The molecular weight excluding hydrogens is 290 g/mol. The molecule has 1 aliphatic heterocycles. The van der Waals surface area contributed by atoms with Gasteiger partial charge in [-0.2, -0.15) is 0 Å². The number of nitrogens with one attached hydrogen (secondary N) is 1. The zero-order chi connectivity index (χ0) is 16.4. The smallest absolute Gasteiger partial charge is 0.270 e. The number of fused-ring (bicyclic) bond motifs is 1. The number of rotatable bonds is 3. The Balaban J connectivity index is 1.73. The molecule has 0 bridgehead atoms. The summed E-state index contributed by atoms with van der Waals surface area (Å²) in [5.41, 5.74) is 1.55. The highest BCUT2D eigenvalue weighted by atomic mass is 16.2. The predicted molar refractivity (Wildman–Crippen MR) is 90.2 cm³/mol. The second-order valence-corrected chi connectivity index (χ2v) is 6.55. The first-order chi connectivity index (χ1) is 11.0. The maximum absolute atomic E-state index is 12.7. The molecule has 0 atom stereocenters. The van der Waals surface area contributed by atoms with Gasteiger partial charge in [0.2, 0.25) is 5.91 Å². The summed E-state index contributed by atoms with van der Waals surface area (Å²) < 4.78 is 0. The zero-order valence-electron chi connectivity index (χ0n) is 13.7. The van der Waals surface area contributed by atoms with E-state index in [-0.39, 0.29) is 11.8 Å². The Morgan fingerprint density at radius 3 is 2.74 bits per heavy atom. The van der Waals surface area contributed by atoms with Crippen LogP contribution >= 0.6 is 0 Å². The molecular formula is C18H23N3O2. The number of aromatic amines is 1. The molecule has 23 heavy (non-hydrogen) atoms. The van der Waals surface area contributed by atoms with E-state index in [1.54, 1.807) is 4.90 Å². The first-order valence-electron chi connectivity index (χ1n) is 8.19. The highest BCUT2D eigenvalue weighted by molar-refractivity contribution is 5.98. The molecule has 1 N–H and O–H groups in total. The van der Waals surface area contributed by atoms with Crippen LogP contribution in [0.4, 0.5) is 0 Å². The Hall–Kier alpha value is -2.30. The first kappa shape index (κ1) is 15.6. The normalized spacial score (nSPS) is 16.2. The number of hydrogen-bond donors (Lipinski definition) is 1. The summed E-state index contributed by atoms with van der Waals surface area (Å²) in [4.78, 5) is 31.7. The summed E-state index contributed by atoms with van der Waals surface area (Å²) in [6.07, 6.45) is 0.401. The van der Waals surface area contributed by atoms with Crippen LogP contribution in [0.25, 0.3) is 10.9 Å². The lowest BCUT2D eigenvalue weighted by atomic mass is 10.2. The van der Waals surface area contributed by atoms with Crippen molar-refractivity contribution in [1.29, 1.82) is 0 Å². The van der Waals surface area contributed by atoms with Gasteiger partial charge in [-0.3, -0.25) is 9.59 Å². The van der Waals surface area contributed by atoms with Crippen LogP contribution in [-0.4, -0.2) is 52.8 Å². The van der Waals surface area contributed by atoms with E-state index in [4.69, 9.17) is 0 Å². The van der Waals surface area contributed by atoms with Gasteiger partial charge in [0, 0.05) is 43.5 Å². The predicted octanol–water partition coefficient (Wildman–Crippen LogP) is 2.50. The second-order valence-electron chi connectivity index (χ2n) is 6.55. The van der Waals surface area contributed by atoms with E-state index in [0.717, 1.165) is 17.4 Å². The molecule has 122 valence electrons. The van der Waals surface area contributed by atoms with E-state index in [0.29, 0.717) is 37.7 Å². The molecule has 1 aromatic carbocycles. The van der Waals surface area contributed by atoms with E-state index >= 15 is 0 Å². The number of carbonyl (C=O) groups is 2. The highest BCUT2D eigenvalue weighted by Gasteiger charge is 2.25. The molecule has 1 aromatic heterocycles. The monoisotopic (exact) mass is 313 g/mol. The van der Waals surface area contributed by atoms with Crippen molar-refractivity contribution in [2.75, 3.05) is 26.2 Å². The summed E-state index contributed by atoms with van der Waals surface area (Å²) in [6.45, 7) is 6.65. The van der Waals surface area contributed by atoms with E-state index in [1.807, 2.05) is 35.2 Å². The van der Waals surface area contributed by atoms with Gasteiger partial charge in [0.1, 0.15) is 5.69 Å². The summed E-state index contributed by atoms with van der Waals surface area (Å²) in [7, 11) is 0. The van der Waals surface area contributed by atoms with E-state index < -0.39 is 0 Å². The van der Waals surface area contributed by atoms with Crippen molar-refractivity contribution in [2.45, 2.75) is 20.3 Å². The lowest BCUT2D eigenvalue weighted by Crippen LogP contribution is -2.37. The van der Waals surface area contributed by atoms with Crippen LogP contribution in [0.15, 0.2) is 30.3 Å². The van der Waals surface area contributed by atoms with Crippen molar-refractivity contribution in [3.8, 4) is 0 Å². The number of aromatic nitrogens is 1. The summed E-state index contributed by atoms with van der Waals surface area (Å²) in [5.74, 6) is 0.556. The molecule has 0 spiro atoms. The Labute approximate surface area is 136 Å². The summed E-state index contributed by atoms with van der Waals surface area (Å²) in [5, 5.41) is 1.03. The highest BCUT2D eigenvalue weighted by Crippen LogP contribution is 2.17. The molecule has 5 heteroatoms. The zero-order valence-corrected chi connectivity index (χ0v) is 13.7. The van der Waals surface area contributed by atoms with Gasteiger partial charge in [0.15, 0.2) is 0 Å². The molecule has 0 radical (unpaired) electrons. The number of benzene rings is 1. The molecule has 2 amide bonds. The molecule has 2 aromatic rings. The number of para-hydroxylation sites is 1. The number of carbonyl (C=O) groups excluding carboxylic acids is 2. The van der Waals surface area contributed by atoms with Crippen molar-refractivity contribution in [3.05, 3.63) is 36.0 Å². The largest absolute Gasteiger partial charge is 0.351 e. The average Bonchev–Trinajstić information content (AvgIpc) is 2.88. The van der Waals surface area contributed by atoms with Crippen LogP contribution in [-0.2, 0) is 4.79 Å². The van der Waals surface area contributed by atoms with E-state index in [9.17, 15) is 9.59 Å². The third-order valence-electron chi connectivity index (χ3n) is 4.22. The molecule has 3 rings (SSSR count). The minimum Gasteiger partial charge on any atom is -0.351 e. The Kier molecular flexibility index (Phi) is 4.37. The van der Waals surface area contributed by atoms with Crippen molar-refractivity contribution < 1.29 is 9.59 Å². The van der Waals surface area contributed by atoms with Gasteiger partial charge >= 0.3 is 0 Å². The minimum absolute atomic E-state index is 0.0274. The third-order valence-corrected chi connectivity index (χ3v) is 4.22. The van der Waals surface area contributed by atoms with E-state index in [2.05, 4.69) is 18.8 Å². The number of hydrogen-bond acceptors (Lipinski definition) is 2. The standard InChI is InChI=1S/C18H23N3O2/c1-13(2)12-21-10-9-20(8-7-17(21)22)18(23)16-11-14-5-3-4-6-15(14)19-16/h3-6,11,13,19H,7-10,12H2,1-2H3. The van der Waals surface area contributed by atoms with Crippen LogP contribution in [0.5, 0.6) is 0 Å². The molecule has 0 aliphatic carbocycles. The fourth-order valence-electron chi connectivity index (χ4n) is 3.06. The maximum Gasteiger partial charge on any atom is 0.270 e. The Bertz CT molecular complexity index is 687. The molecule has 5 nitrogen and oxygen atoms in total. The molecule has 0 unspecified atom stereocenters. The quantitative estimate of drug-likeness (QED) is 0.946. The van der Waals surface area contributed by atoms with Crippen molar-refractivity contribution in [1.82, 2.24) is 14.8 Å². The third kappa shape index (κ3) is 3.38. The van der Waals surface area contributed by atoms with Gasteiger partial charge in [0.25, 0.3) is 5.91 Å². The van der Waals surface area contributed by atoms with Gasteiger partial charge in [-0.1, -0.05) is 32.0 Å². The Morgan fingerprint density at radius 2 is 2.00 bits per heavy atom. The van der Waals surface area contributed by atoms with Crippen LogP contribution in [0.1, 0.15) is 30.8 Å². The SMILES string of the molecule is CC(C)CN1CCN(C(=O)c2cc3ccccc3[nH]2)CCC1=O. The first-order valence-corrected chi connectivity index (χ1v) is 8.19. The van der Waals surface area contributed by atoms with Crippen LogP contribution in [0, 0.1) is 5.92 Å². The fraction of sp³-hybridized carbons (Fsp3) is 0.444. The fourth-order valence-corrected chi connectivity index (χ4v) is 3.06. The minimum atomic E-state index is -0.0274. The summed E-state index contributed by atoms with van der Waals surface area (Å²) >= 11 is 0. The van der Waals surface area contributed by atoms with Crippen molar-refractivity contribution in [3.63, 3.8) is 0 Å². The van der Waals surface area contributed by atoms with Crippen molar-refractivity contribution >= 4 is 22.7 Å². The molecule has 1 fully saturated rings. The lowest BCUT2D eigenvalue weighted by molar-refractivity contribution is -0.130. The van der Waals surface area contributed by atoms with Gasteiger partial charge < -0.3 is 14.8 Å². The number of H-pyrrole nitrogens is 1. The average molecular weight is 313 g/mol. The molecule has 1 saturated heterocycles. The second kappa shape index (κ2) is 6.44. The number of amides is 2. The molecule has 2 heterocycles. The van der Waals surface area contributed by atoms with Crippen molar-refractivity contribution in [2.24, 2.45) is 5.92 Å². The summed E-state index contributed by atoms with van der Waals surface area (Å²) in [6, 6.07) is 9.73. The maximum atomic E-state index is 12.7. The van der Waals surface area contributed by atoms with Gasteiger partial charge in [-0.15, -0.1) is 0 Å². The van der Waals surface area contributed by atoms with Crippen LogP contribution in [0.2, 0.25) is 0 Å². The van der Waals surface area contributed by atoms with E-state index in [1.165, 1.54) is 0 Å². The van der Waals surface area contributed by atoms with Gasteiger partial charge in [-0.05, 0) is 18.1 Å². The van der Waals surface area contributed by atoms with Gasteiger partial charge in [0.05, 0.1) is 0 Å². The van der Waals surface area contributed by atoms with Crippen LogP contribution < -0.4 is 0 Å². The lowest BCUT2D eigenvalue weighted by Gasteiger charge is -2.23. The molecule has 0 saturated carbocycles. The topological polar surface area (TPSA) is 56.4 Å². The number of nitrogens with zero attached hydrogens (tertiary/aromatic N) is 2. The van der Waals surface area contributed by atoms with Gasteiger partial charge in [-0.25, -0.2) is 0 Å². The van der Waals surface area contributed by atoms with Crippen LogP contribution in [0.3, 0.4) is 0 Å². The Morgan fingerprint density at radius 1 is 1.22 bits per heavy atom.